The largest absolute Gasteiger partial charge is 0.379 e. The minimum Gasteiger partial charge on any atom is -0.379 e. The number of carbonyl (C=O) groups is 1. The van der Waals surface area contributed by atoms with E-state index in [9.17, 15) is 13.2 Å². The quantitative estimate of drug-likeness (QED) is 0.706. The fourth-order valence-corrected chi connectivity index (χ4v) is 6.25. The van der Waals surface area contributed by atoms with Crippen molar-refractivity contribution < 1.29 is 17.9 Å². The second-order valence-corrected chi connectivity index (χ2v) is 10.5. The molecule has 31 heavy (non-hydrogen) atoms. The van der Waals surface area contributed by atoms with Crippen LogP contribution in [0.1, 0.15) is 10.9 Å². The highest BCUT2D eigenvalue weighted by Gasteiger charge is 2.31. The maximum atomic E-state index is 12.8. The van der Waals surface area contributed by atoms with E-state index < -0.39 is 10.0 Å². The van der Waals surface area contributed by atoms with Gasteiger partial charge in [0.1, 0.15) is 0 Å². The first-order valence-electron chi connectivity index (χ1n) is 10.5. The van der Waals surface area contributed by atoms with Crippen molar-refractivity contribution in [3.05, 3.63) is 52.7 Å². The van der Waals surface area contributed by atoms with Gasteiger partial charge >= 0.3 is 6.03 Å². The first-order chi connectivity index (χ1) is 15.1. The number of thiophene rings is 1. The predicted octanol–water partition coefficient (Wildman–Crippen LogP) is 1.84. The van der Waals surface area contributed by atoms with Gasteiger partial charge in [-0.15, -0.1) is 11.3 Å². The van der Waals surface area contributed by atoms with Crippen molar-refractivity contribution in [2.45, 2.75) is 10.9 Å². The lowest BCUT2D eigenvalue weighted by Gasteiger charge is -2.36. The standard InChI is InChI=1S/C21H28N4O4S2/c26-21(22-17-19(20-7-4-16-30-20)23-12-14-29-15-13-23)24-8-10-25(11-9-24)31(27,28)18-5-2-1-3-6-18/h1-7,16,19H,8-15,17H2,(H,22,26)/t19-/m1/s1. The minimum atomic E-state index is -3.52. The van der Waals surface area contributed by atoms with Crippen LogP contribution in [-0.2, 0) is 14.8 Å². The monoisotopic (exact) mass is 464 g/mol. The Bertz CT molecular complexity index is 939. The molecule has 1 atom stereocenters. The molecule has 8 nitrogen and oxygen atoms in total. The van der Waals surface area contributed by atoms with Crippen LogP contribution < -0.4 is 5.32 Å². The van der Waals surface area contributed by atoms with Gasteiger partial charge in [-0.1, -0.05) is 24.3 Å². The van der Waals surface area contributed by atoms with Crippen molar-refractivity contribution in [2.75, 3.05) is 59.0 Å². The van der Waals surface area contributed by atoms with Gasteiger partial charge < -0.3 is 15.0 Å². The van der Waals surface area contributed by atoms with Gasteiger partial charge in [0.2, 0.25) is 10.0 Å². The molecule has 2 amide bonds. The number of hydrogen-bond donors (Lipinski definition) is 1. The Morgan fingerprint density at radius 3 is 2.35 bits per heavy atom. The number of rotatable bonds is 6. The van der Waals surface area contributed by atoms with Crippen LogP contribution in [0.25, 0.3) is 0 Å². The summed E-state index contributed by atoms with van der Waals surface area (Å²) in [7, 11) is -3.52. The van der Waals surface area contributed by atoms with E-state index in [0.717, 1.165) is 13.1 Å². The lowest BCUT2D eigenvalue weighted by molar-refractivity contribution is 0.0171. The number of carbonyl (C=O) groups excluding carboxylic acids is 1. The summed E-state index contributed by atoms with van der Waals surface area (Å²) in [5.41, 5.74) is 0. The van der Waals surface area contributed by atoms with E-state index in [1.807, 2.05) is 6.07 Å². The van der Waals surface area contributed by atoms with Crippen LogP contribution in [0, 0.1) is 0 Å². The second kappa shape index (κ2) is 10.1. The molecular weight excluding hydrogens is 436 g/mol. The van der Waals surface area contributed by atoms with Crippen molar-refractivity contribution in [3.63, 3.8) is 0 Å². The Morgan fingerprint density at radius 2 is 1.71 bits per heavy atom. The molecule has 0 aliphatic carbocycles. The predicted molar refractivity (Wildman–Crippen MR) is 120 cm³/mol. The van der Waals surface area contributed by atoms with Crippen molar-refractivity contribution in [2.24, 2.45) is 0 Å². The lowest BCUT2D eigenvalue weighted by Crippen LogP contribution is -2.54. The third-order valence-corrected chi connectivity index (χ3v) is 8.60. The molecule has 4 rings (SSSR count). The zero-order valence-corrected chi connectivity index (χ0v) is 19.0. The van der Waals surface area contributed by atoms with E-state index >= 15 is 0 Å². The summed E-state index contributed by atoms with van der Waals surface area (Å²) in [6.45, 7) is 4.94. The van der Waals surface area contributed by atoms with Gasteiger partial charge in [0.05, 0.1) is 24.2 Å². The number of benzene rings is 1. The summed E-state index contributed by atoms with van der Waals surface area (Å²) >= 11 is 1.69. The Hall–Kier alpha value is -1.98. The molecule has 168 valence electrons. The molecule has 0 saturated carbocycles. The van der Waals surface area contributed by atoms with E-state index in [0.29, 0.717) is 45.9 Å². The molecule has 0 radical (unpaired) electrons. The fraction of sp³-hybridized carbons (Fsp3) is 0.476. The van der Waals surface area contributed by atoms with E-state index in [4.69, 9.17) is 4.74 Å². The Labute approximate surface area is 187 Å². The first kappa shape index (κ1) is 22.2. The van der Waals surface area contributed by atoms with Crippen LogP contribution in [0.3, 0.4) is 0 Å². The van der Waals surface area contributed by atoms with Crippen LogP contribution in [-0.4, -0.2) is 87.6 Å². The maximum Gasteiger partial charge on any atom is 0.317 e. The number of sulfonamides is 1. The van der Waals surface area contributed by atoms with Crippen molar-refractivity contribution >= 4 is 27.4 Å². The maximum absolute atomic E-state index is 12.8. The van der Waals surface area contributed by atoms with Crippen molar-refractivity contribution in [3.8, 4) is 0 Å². The summed E-state index contributed by atoms with van der Waals surface area (Å²) in [6.07, 6.45) is 0. The molecule has 1 N–H and O–H groups in total. The highest BCUT2D eigenvalue weighted by molar-refractivity contribution is 7.89. The molecule has 1 aromatic carbocycles. The van der Waals surface area contributed by atoms with Gasteiger partial charge in [0.25, 0.3) is 0 Å². The molecule has 0 bridgehead atoms. The summed E-state index contributed by atoms with van der Waals surface area (Å²) < 4.78 is 32.5. The average molecular weight is 465 g/mol. The van der Waals surface area contributed by atoms with E-state index in [2.05, 4.69) is 21.7 Å². The number of piperazine rings is 1. The Kier molecular flexibility index (Phi) is 7.24. The van der Waals surface area contributed by atoms with Crippen LogP contribution in [0.4, 0.5) is 4.79 Å². The normalized spacial score (nSPS) is 19.8. The molecule has 10 heteroatoms. The third kappa shape index (κ3) is 5.27. The average Bonchev–Trinajstić information content (AvgIpc) is 3.35. The minimum absolute atomic E-state index is 0.118. The van der Waals surface area contributed by atoms with Gasteiger partial charge in [-0.05, 0) is 23.6 Å². The van der Waals surface area contributed by atoms with E-state index in [1.54, 1.807) is 46.6 Å². The van der Waals surface area contributed by atoms with Crippen LogP contribution in [0.5, 0.6) is 0 Å². The number of nitrogens with zero attached hydrogens (tertiary/aromatic N) is 3. The Morgan fingerprint density at radius 1 is 1.00 bits per heavy atom. The molecular formula is C21H28N4O4S2. The van der Waals surface area contributed by atoms with Gasteiger partial charge in [-0.3, -0.25) is 4.90 Å². The van der Waals surface area contributed by atoms with Gasteiger partial charge in [-0.2, -0.15) is 4.31 Å². The van der Waals surface area contributed by atoms with Crippen molar-refractivity contribution in [1.29, 1.82) is 0 Å². The fourth-order valence-electron chi connectivity index (χ4n) is 3.95. The molecule has 1 aromatic heterocycles. The highest BCUT2D eigenvalue weighted by atomic mass is 32.2. The number of amides is 2. The molecule has 2 saturated heterocycles. The summed E-state index contributed by atoms with van der Waals surface area (Å²) in [5, 5.41) is 5.12. The van der Waals surface area contributed by atoms with E-state index in [1.165, 1.54) is 9.18 Å². The molecule has 2 aromatic rings. The second-order valence-electron chi connectivity index (χ2n) is 7.57. The smallest absolute Gasteiger partial charge is 0.317 e. The van der Waals surface area contributed by atoms with E-state index in [-0.39, 0.29) is 17.0 Å². The highest BCUT2D eigenvalue weighted by Crippen LogP contribution is 2.25. The summed E-state index contributed by atoms with van der Waals surface area (Å²) in [5.74, 6) is 0. The zero-order valence-electron chi connectivity index (χ0n) is 17.4. The lowest BCUT2D eigenvalue weighted by atomic mass is 10.2. The summed E-state index contributed by atoms with van der Waals surface area (Å²) in [6, 6.07) is 12.5. The Balaban J connectivity index is 1.32. The molecule has 2 fully saturated rings. The number of hydrogen-bond acceptors (Lipinski definition) is 6. The van der Waals surface area contributed by atoms with Gasteiger partial charge in [0.15, 0.2) is 0 Å². The zero-order chi connectivity index (χ0) is 21.7. The number of morpholine rings is 1. The molecule has 0 spiro atoms. The number of urea groups is 1. The molecule has 0 unspecified atom stereocenters. The van der Waals surface area contributed by atoms with Crippen molar-refractivity contribution in [1.82, 2.24) is 19.4 Å². The van der Waals surface area contributed by atoms with Gasteiger partial charge in [0, 0.05) is 50.7 Å². The molecule has 2 aliphatic rings. The van der Waals surface area contributed by atoms with Crippen LogP contribution in [0.15, 0.2) is 52.7 Å². The molecule has 3 heterocycles. The topological polar surface area (TPSA) is 82.2 Å². The molecule has 2 aliphatic heterocycles. The van der Waals surface area contributed by atoms with Crippen LogP contribution >= 0.6 is 11.3 Å². The number of nitrogens with one attached hydrogen (secondary N) is 1. The van der Waals surface area contributed by atoms with Crippen LogP contribution in [0.2, 0.25) is 0 Å². The number of ether oxygens (including phenoxy) is 1. The third-order valence-electron chi connectivity index (χ3n) is 5.71. The summed E-state index contributed by atoms with van der Waals surface area (Å²) in [4.78, 5) is 18.3. The SMILES string of the molecule is O=C(NC[C@H](c1cccs1)N1CCOCC1)N1CCN(S(=O)(=O)c2ccccc2)CC1. The first-order valence-corrected chi connectivity index (χ1v) is 12.8. The van der Waals surface area contributed by atoms with Gasteiger partial charge in [-0.25, -0.2) is 13.2 Å².